The van der Waals surface area contributed by atoms with Crippen molar-refractivity contribution in [1.29, 1.82) is 0 Å². The van der Waals surface area contributed by atoms with Crippen molar-refractivity contribution in [2.45, 2.75) is 37.9 Å². The zero-order valence-corrected chi connectivity index (χ0v) is 15.3. The van der Waals surface area contributed by atoms with E-state index in [0.29, 0.717) is 6.42 Å². The Morgan fingerprint density at radius 3 is 2.56 bits per heavy atom. The fraction of sp³-hybridized carbons (Fsp3) is 0.368. The predicted octanol–water partition coefficient (Wildman–Crippen LogP) is 4.68. The van der Waals surface area contributed by atoms with Crippen molar-refractivity contribution in [2.24, 2.45) is 0 Å². The Morgan fingerprint density at radius 2 is 1.96 bits per heavy atom. The Hall–Kier alpha value is -2.35. The maximum Gasteiger partial charge on any atom is 0.416 e. The van der Waals surface area contributed by atoms with Gasteiger partial charge in [-0.3, -0.25) is 4.79 Å². The number of nitrogens with zero attached hydrogens (tertiary/aromatic N) is 1. The normalized spacial score (nSPS) is 18.4. The van der Waals surface area contributed by atoms with Crippen LogP contribution < -0.4 is 0 Å². The predicted molar refractivity (Wildman–Crippen MR) is 94.6 cm³/mol. The molecule has 0 saturated carbocycles. The molecule has 1 aromatic heterocycles. The van der Waals surface area contributed by atoms with Gasteiger partial charge in [-0.1, -0.05) is 30.3 Å². The van der Waals surface area contributed by atoms with Gasteiger partial charge in [-0.15, -0.1) is 11.3 Å². The molecule has 0 aliphatic carbocycles. The third-order valence-corrected chi connectivity index (χ3v) is 5.54. The van der Waals surface area contributed by atoms with Crippen molar-refractivity contribution < 1.29 is 27.5 Å². The molecule has 0 bridgehead atoms. The number of amides is 2. The highest BCUT2D eigenvalue weighted by atomic mass is 32.1. The first-order valence-electron chi connectivity index (χ1n) is 8.41. The SMILES string of the molecule is Cc1ccc([C@@H](CC(=O)N2C(=O)OC[C@H]2Cc2ccccc2)C(F)(F)F)s1. The number of carbonyl (C=O) groups is 2. The van der Waals surface area contributed by atoms with Crippen molar-refractivity contribution in [3.8, 4) is 0 Å². The lowest BCUT2D eigenvalue weighted by Crippen LogP contribution is -2.41. The average Bonchev–Trinajstić information content (AvgIpc) is 3.18. The summed E-state index contributed by atoms with van der Waals surface area (Å²) in [4.78, 5) is 26.3. The van der Waals surface area contributed by atoms with Crippen LogP contribution in [0.5, 0.6) is 0 Å². The van der Waals surface area contributed by atoms with Crippen LogP contribution in [0.15, 0.2) is 42.5 Å². The van der Waals surface area contributed by atoms with Gasteiger partial charge in [0.2, 0.25) is 5.91 Å². The molecule has 1 fully saturated rings. The van der Waals surface area contributed by atoms with E-state index in [0.717, 1.165) is 26.7 Å². The van der Waals surface area contributed by atoms with Crippen LogP contribution in [0.1, 0.15) is 27.7 Å². The molecule has 2 aromatic rings. The van der Waals surface area contributed by atoms with E-state index in [1.54, 1.807) is 13.0 Å². The zero-order valence-electron chi connectivity index (χ0n) is 14.5. The van der Waals surface area contributed by atoms with Gasteiger partial charge in [0.25, 0.3) is 0 Å². The molecule has 0 radical (unpaired) electrons. The Kier molecular flexibility index (Phi) is 5.55. The first-order chi connectivity index (χ1) is 12.8. The lowest BCUT2D eigenvalue weighted by atomic mass is 10.0. The lowest BCUT2D eigenvalue weighted by Gasteiger charge is -2.24. The summed E-state index contributed by atoms with van der Waals surface area (Å²) in [5, 5.41) is 0. The van der Waals surface area contributed by atoms with Gasteiger partial charge in [0, 0.05) is 16.2 Å². The van der Waals surface area contributed by atoms with Gasteiger partial charge in [-0.2, -0.15) is 13.2 Å². The molecule has 144 valence electrons. The Labute approximate surface area is 158 Å². The number of halogens is 3. The number of aryl methyl sites for hydroxylation is 1. The number of benzene rings is 1. The zero-order chi connectivity index (χ0) is 19.6. The van der Waals surface area contributed by atoms with Gasteiger partial charge in [-0.05, 0) is 31.0 Å². The van der Waals surface area contributed by atoms with E-state index in [1.165, 1.54) is 6.07 Å². The molecule has 0 N–H and O–H groups in total. The minimum atomic E-state index is -4.58. The first kappa shape index (κ1) is 19.4. The summed E-state index contributed by atoms with van der Waals surface area (Å²) < 4.78 is 45.5. The topological polar surface area (TPSA) is 46.6 Å². The lowest BCUT2D eigenvalue weighted by molar-refractivity contribution is -0.159. The van der Waals surface area contributed by atoms with Gasteiger partial charge in [-0.25, -0.2) is 9.69 Å². The fourth-order valence-corrected chi connectivity index (χ4v) is 4.10. The molecule has 3 rings (SSSR count). The molecule has 1 aliphatic rings. The number of cyclic esters (lactones) is 1. The van der Waals surface area contributed by atoms with E-state index in [-0.39, 0.29) is 11.5 Å². The highest BCUT2D eigenvalue weighted by Crippen LogP contribution is 2.41. The number of hydrogen-bond acceptors (Lipinski definition) is 4. The van der Waals surface area contributed by atoms with Gasteiger partial charge in [0.05, 0.1) is 12.0 Å². The van der Waals surface area contributed by atoms with Gasteiger partial charge < -0.3 is 4.74 Å². The van der Waals surface area contributed by atoms with Gasteiger partial charge in [0.1, 0.15) is 6.61 Å². The molecule has 2 atom stereocenters. The first-order valence-corrected chi connectivity index (χ1v) is 9.23. The van der Waals surface area contributed by atoms with Crippen LogP contribution in [0.2, 0.25) is 0 Å². The van der Waals surface area contributed by atoms with Crippen LogP contribution >= 0.6 is 11.3 Å². The summed E-state index contributed by atoms with van der Waals surface area (Å²) in [5.41, 5.74) is 0.875. The van der Waals surface area contributed by atoms with Crippen LogP contribution in [0.3, 0.4) is 0 Å². The number of thiophene rings is 1. The number of rotatable bonds is 5. The van der Waals surface area contributed by atoms with E-state index >= 15 is 0 Å². The van der Waals surface area contributed by atoms with E-state index < -0.39 is 36.6 Å². The van der Waals surface area contributed by atoms with Crippen molar-refractivity contribution in [1.82, 2.24) is 4.90 Å². The molecule has 1 saturated heterocycles. The van der Waals surface area contributed by atoms with Crippen molar-refractivity contribution in [3.05, 3.63) is 57.8 Å². The van der Waals surface area contributed by atoms with Crippen LogP contribution in [0, 0.1) is 6.92 Å². The minimum Gasteiger partial charge on any atom is -0.447 e. The van der Waals surface area contributed by atoms with Crippen molar-refractivity contribution in [2.75, 3.05) is 6.61 Å². The summed E-state index contributed by atoms with van der Waals surface area (Å²) in [7, 11) is 0. The molecule has 2 heterocycles. The molecule has 4 nitrogen and oxygen atoms in total. The largest absolute Gasteiger partial charge is 0.447 e. The van der Waals surface area contributed by atoms with Crippen LogP contribution in [-0.4, -0.2) is 35.7 Å². The van der Waals surface area contributed by atoms with Crippen LogP contribution in [0.4, 0.5) is 18.0 Å². The molecule has 27 heavy (non-hydrogen) atoms. The third kappa shape index (κ3) is 4.50. The molecular formula is C19H18F3NO3S. The molecule has 8 heteroatoms. The third-order valence-electron chi connectivity index (χ3n) is 4.42. The quantitative estimate of drug-likeness (QED) is 0.736. The van der Waals surface area contributed by atoms with E-state index in [9.17, 15) is 22.8 Å². The molecule has 0 spiro atoms. The van der Waals surface area contributed by atoms with Crippen LogP contribution in [0.25, 0.3) is 0 Å². The highest BCUT2D eigenvalue weighted by Gasteiger charge is 2.46. The molecule has 2 amide bonds. The summed E-state index contributed by atoms with van der Waals surface area (Å²) in [6.45, 7) is 1.69. The highest BCUT2D eigenvalue weighted by molar-refractivity contribution is 7.12. The summed E-state index contributed by atoms with van der Waals surface area (Å²) in [6, 6.07) is 11.5. The second kappa shape index (κ2) is 7.72. The Balaban J connectivity index is 1.78. The summed E-state index contributed by atoms with van der Waals surface area (Å²) in [6.07, 6.45) is -5.94. The maximum absolute atomic E-state index is 13.5. The second-order valence-corrected chi connectivity index (χ2v) is 7.75. The summed E-state index contributed by atoms with van der Waals surface area (Å²) in [5.74, 6) is -2.80. The maximum atomic E-state index is 13.5. The molecule has 1 aliphatic heterocycles. The number of alkyl halides is 3. The second-order valence-electron chi connectivity index (χ2n) is 6.43. The number of imide groups is 1. The molecule has 0 unspecified atom stereocenters. The number of carbonyl (C=O) groups excluding carboxylic acids is 2. The summed E-state index contributed by atoms with van der Waals surface area (Å²) >= 11 is 1.00. The monoisotopic (exact) mass is 397 g/mol. The van der Waals surface area contributed by atoms with E-state index in [4.69, 9.17) is 4.74 Å². The average molecular weight is 397 g/mol. The number of ether oxygens (including phenoxy) is 1. The fourth-order valence-electron chi connectivity index (χ4n) is 3.09. The van der Waals surface area contributed by atoms with Crippen molar-refractivity contribution >= 4 is 23.3 Å². The minimum absolute atomic E-state index is 0.0196. The van der Waals surface area contributed by atoms with Gasteiger partial charge >= 0.3 is 12.3 Å². The smallest absolute Gasteiger partial charge is 0.416 e. The standard InChI is InChI=1S/C19H18F3NO3S/c1-12-7-8-16(27-12)15(19(20,21)22)10-17(24)23-14(11-26-18(23)25)9-13-5-3-2-4-6-13/h2-8,14-15H,9-11H2,1H3/t14-,15-/m1/s1. The number of hydrogen-bond donors (Lipinski definition) is 0. The molecule has 1 aromatic carbocycles. The molecular weight excluding hydrogens is 379 g/mol. The Bertz CT molecular complexity index is 819. The van der Waals surface area contributed by atoms with E-state index in [1.807, 2.05) is 30.3 Å². The van der Waals surface area contributed by atoms with E-state index in [2.05, 4.69) is 0 Å². The van der Waals surface area contributed by atoms with Gasteiger partial charge in [0.15, 0.2) is 0 Å². The Morgan fingerprint density at radius 1 is 1.26 bits per heavy atom. The van der Waals surface area contributed by atoms with Crippen molar-refractivity contribution in [3.63, 3.8) is 0 Å². The van der Waals surface area contributed by atoms with Crippen LogP contribution in [-0.2, 0) is 16.0 Å².